The summed E-state index contributed by atoms with van der Waals surface area (Å²) in [5, 5.41) is 2.11. The molecular formula is C23H23NO3. The molecule has 0 bridgehead atoms. The van der Waals surface area contributed by atoms with Crippen molar-refractivity contribution in [1.82, 2.24) is 4.90 Å². The molecule has 1 amide bonds. The molecule has 0 aliphatic heterocycles. The van der Waals surface area contributed by atoms with Crippen molar-refractivity contribution in [2.24, 2.45) is 0 Å². The van der Waals surface area contributed by atoms with Gasteiger partial charge >= 0.3 is 0 Å². The van der Waals surface area contributed by atoms with E-state index in [1.165, 1.54) is 0 Å². The maximum absolute atomic E-state index is 13.4. The number of methoxy groups -OCH3 is 2. The van der Waals surface area contributed by atoms with Crippen molar-refractivity contribution >= 4 is 16.7 Å². The third-order valence-corrected chi connectivity index (χ3v) is 5.06. The average molecular weight is 361 g/mol. The predicted octanol–water partition coefficient (Wildman–Crippen LogP) is 4.66. The molecule has 1 saturated carbocycles. The Morgan fingerprint density at radius 3 is 2.22 bits per heavy atom. The maximum atomic E-state index is 13.4. The molecule has 0 saturated heterocycles. The lowest BCUT2D eigenvalue weighted by atomic mass is 10.0. The van der Waals surface area contributed by atoms with Crippen LogP contribution in [-0.4, -0.2) is 31.1 Å². The lowest BCUT2D eigenvalue weighted by molar-refractivity contribution is 0.0726. The van der Waals surface area contributed by atoms with E-state index in [0.29, 0.717) is 23.9 Å². The lowest BCUT2D eigenvalue weighted by Gasteiger charge is -2.24. The Morgan fingerprint density at radius 1 is 0.963 bits per heavy atom. The number of hydrogen-bond donors (Lipinski definition) is 0. The van der Waals surface area contributed by atoms with Crippen LogP contribution in [-0.2, 0) is 6.54 Å². The first-order valence-corrected chi connectivity index (χ1v) is 9.20. The average Bonchev–Trinajstić information content (AvgIpc) is 3.56. The van der Waals surface area contributed by atoms with Gasteiger partial charge in [0.05, 0.1) is 19.8 Å². The summed E-state index contributed by atoms with van der Waals surface area (Å²) < 4.78 is 10.8. The van der Waals surface area contributed by atoms with Gasteiger partial charge in [-0.2, -0.15) is 0 Å². The highest BCUT2D eigenvalue weighted by atomic mass is 16.5. The molecule has 4 heteroatoms. The third-order valence-electron chi connectivity index (χ3n) is 5.06. The quantitative estimate of drug-likeness (QED) is 0.641. The molecule has 3 aromatic carbocycles. The first-order valence-electron chi connectivity index (χ1n) is 9.20. The SMILES string of the molecule is COc1ccc(CN(C(=O)c2cc3ccccc3cc2OC)C2CC2)cc1. The predicted molar refractivity (Wildman–Crippen MR) is 106 cm³/mol. The zero-order valence-corrected chi connectivity index (χ0v) is 15.6. The van der Waals surface area contributed by atoms with Crippen LogP contribution in [0.25, 0.3) is 10.8 Å². The van der Waals surface area contributed by atoms with Crippen LogP contribution in [0.1, 0.15) is 28.8 Å². The minimum Gasteiger partial charge on any atom is -0.497 e. The van der Waals surface area contributed by atoms with Gasteiger partial charge in [0.2, 0.25) is 0 Å². The number of hydrogen-bond acceptors (Lipinski definition) is 3. The second-order valence-electron chi connectivity index (χ2n) is 6.91. The van der Waals surface area contributed by atoms with Crippen molar-refractivity contribution in [3.63, 3.8) is 0 Å². The van der Waals surface area contributed by atoms with Crippen LogP contribution >= 0.6 is 0 Å². The lowest BCUT2D eigenvalue weighted by Crippen LogP contribution is -2.32. The van der Waals surface area contributed by atoms with Crippen LogP contribution in [0.4, 0.5) is 0 Å². The minimum atomic E-state index is 0.0240. The molecule has 4 rings (SSSR count). The molecule has 0 aromatic heterocycles. The van der Waals surface area contributed by atoms with Gasteiger partial charge in [0, 0.05) is 12.6 Å². The number of fused-ring (bicyclic) bond motifs is 1. The molecule has 0 N–H and O–H groups in total. The van der Waals surface area contributed by atoms with Gasteiger partial charge < -0.3 is 14.4 Å². The first kappa shape index (κ1) is 17.4. The molecule has 0 unspecified atom stereocenters. The van der Waals surface area contributed by atoms with Crippen LogP contribution in [0, 0.1) is 0 Å². The Balaban J connectivity index is 1.66. The van der Waals surface area contributed by atoms with E-state index in [0.717, 1.165) is 34.9 Å². The van der Waals surface area contributed by atoms with Crippen molar-refractivity contribution in [1.29, 1.82) is 0 Å². The Morgan fingerprint density at radius 2 is 1.63 bits per heavy atom. The van der Waals surface area contributed by atoms with Gasteiger partial charge in [-0.3, -0.25) is 4.79 Å². The summed E-state index contributed by atoms with van der Waals surface area (Å²) in [5.74, 6) is 1.47. The number of carbonyl (C=O) groups excluding carboxylic acids is 1. The van der Waals surface area contributed by atoms with Crippen molar-refractivity contribution in [2.75, 3.05) is 14.2 Å². The normalized spacial score (nSPS) is 13.4. The minimum absolute atomic E-state index is 0.0240. The summed E-state index contributed by atoms with van der Waals surface area (Å²) in [6, 6.07) is 20.1. The smallest absolute Gasteiger partial charge is 0.258 e. The van der Waals surface area contributed by atoms with Gasteiger partial charge in [0.25, 0.3) is 5.91 Å². The highest BCUT2D eigenvalue weighted by Crippen LogP contribution is 2.33. The first-order chi connectivity index (χ1) is 13.2. The summed E-state index contributed by atoms with van der Waals surface area (Å²) >= 11 is 0. The molecule has 0 atom stereocenters. The van der Waals surface area contributed by atoms with Crippen molar-refractivity contribution in [2.45, 2.75) is 25.4 Å². The molecule has 1 aliphatic carbocycles. The second-order valence-corrected chi connectivity index (χ2v) is 6.91. The fourth-order valence-electron chi connectivity index (χ4n) is 3.39. The fourth-order valence-corrected chi connectivity index (χ4v) is 3.39. The maximum Gasteiger partial charge on any atom is 0.258 e. The molecule has 1 aliphatic rings. The van der Waals surface area contributed by atoms with Crippen LogP contribution < -0.4 is 9.47 Å². The summed E-state index contributed by atoms with van der Waals surface area (Å²) in [6.07, 6.45) is 2.11. The van der Waals surface area contributed by atoms with Crippen LogP contribution in [0.3, 0.4) is 0 Å². The number of amides is 1. The van der Waals surface area contributed by atoms with E-state index in [9.17, 15) is 4.79 Å². The van der Waals surface area contributed by atoms with E-state index in [2.05, 4.69) is 0 Å². The summed E-state index contributed by atoms with van der Waals surface area (Å²) in [4.78, 5) is 15.4. The number of rotatable bonds is 6. The zero-order chi connectivity index (χ0) is 18.8. The largest absolute Gasteiger partial charge is 0.497 e. The summed E-state index contributed by atoms with van der Waals surface area (Å²) in [5.41, 5.74) is 1.72. The number of ether oxygens (including phenoxy) is 2. The number of carbonyl (C=O) groups is 1. The highest BCUT2D eigenvalue weighted by Gasteiger charge is 2.34. The van der Waals surface area contributed by atoms with Crippen LogP contribution in [0.5, 0.6) is 11.5 Å². The van der Waals surface area contributed by atoms with Crippen molar-refractivity contribution in [3.05, 3.63) is 71.8 Å². The second kappa shape index (κ2) is 7.31. The Kier molecular flexibility index (Phi) is 4.71. The van der Waals surface area contributed by atoms with E-state index >= 15 is 0 Å². The zero-order valence-electron chi connectivity index (χ0n) is 15.6. The van der Waals surface area contributed by atoms with Gasteiger partial charge in [-0.05, 0) is 53.4 Å². The van der Waals surface area contributed by atoms with Gasteiger partial charge in [0.15, 0.2) is 0 Å². The van der Waals surface area contributed by atoms with E-state index < -0.39 is 0 Å². The Hall–Kier alpha value is -3.01. The topological polar surface area (TPSA) is 38.8 Å². The molecule has 0 heterocycles. The molecule has 0 radical (unpaired) electrons. The Bertz CT molecular complexity index is 961. The van der Waals surface area contributed by atoms with Crippen LogP contribution in [0.15, 0.2) is 60.7 Å². The van der Waals surface area contributed by atoms with Gasteiger partial charge in [-0.15, -0.1) is 0 Å². The van der Waals surface area contributed by atoms with Gasteiger partial charge in [-0.25, -0.2) is 0 Å². The molecule has 138 valence electrons. The van der Waals surface area contributed by atoms with Crippen LogP contribution in [0.2, 0.25) is 0 Å². The van der Waals surface area contributed by atoms with Crippen molar-refractivity contribution < 1.29 is 14.3 Å². The van der Waals surface area contributed by atoms with Crippen molar-refractivity contribution in [3.8, 4) is 11.5 Å². The summed E-state index contributed by atoms with van der Waals surface area (Å²) in [6.45, 7) is 0.587. The van der Waals surface area contributed by atoms with E-state index in [4.69, 9.17) is 9.47 Å². The molecule has 0 spiro atoms. The number of benzene rings is 3. The third kappa shape index (κ3) is 3.61. The van der Waals surface area contributed by atoms with Gasteiger partial charge in [-0.1, -0.05) is 36.4 Å². The van der Waals surface area contributed by atoms with E-state index in [1.54, 1.807) is 14.2 Å². The fraction of sp³-hybridized carbons (Fsp3) is 0.261. The van der Waals surface area contributed by atoms with E-state index in [-0.39, 0.29) is 5.91 Å². The number of nitrogens with zero attached hydrogens (tertiary/aromatic N) is 1. The molecule has 1 fully saturated rings. The molecule has 27 heavy (non-hydrogen) atoms. The summed E-state index contributed by atoms with van der Waals surface area (Å²) in [7, 11) is 3.27. The molecule has 4 nitrogen and oxygen atoms in total. The van der Waals surface area contributed by atoms with E-state index in [1.807, 2.05) is 65.6 Å². The van der Waals surface area contributed by atoms with Gasteiger partial charge in [0.1, 0.15) is 11.5 Å². The standard InChI is InChI=1S/C23H23NO3/c1-26-20-11-7-16(8-12-20)15-24(19-9-10-19)23(25)21-13-17-5-3-4-6-18(17)14-22(21)27-2/h3-8,11-14,19H,9-10,15H2,1-2H3. The monoisotopic (exact) mass is 361 g/mol. The highest BCUT2D eigenvalue weighted by molar-refractivity contribution is 6.01. The molecule has 3 aromatic rings. The molecular weight excluding hydrogens is 338 g/mol. The Labute approximate surface area is 159 Å².